The SMILES string of the molecule is CCn1c(NC(=O)c2cc3cc(C)ccc3o2)nc2ccccc21. The number of para-hydroxylation sites is 2. The fourth-order valence-electron chi connectivity index (χ4n) is 2.93. The van der Waals surface area contributed by atoms with E-state index in [1.807, 2.05) is 60.9 Å². The number of nitrogens with zero attached hydrogens (tertiary/aromatic N) is 2. The summed E-state index contributed by atoms with van der Waals surface area (Å²) in [7, 11) is 0. The van der Waals surface area contributed by atoms with E-state index >= 15 is 0 Å². The quantitative estimate of drug-likeness (QED) is 0.610. The van der Waals surface area contributed by atoms with Gasteiger partial charge in [0.2, 0.25) is 5.95 Å². The predicted octanol–water partition coefficient (Wildman–Crippen LogP) is 4.36. The first-order valence-corrected chi connectivity index (χ1v) is 7.92. The molecule has 5 nitrogen and oxygen atoms in total. The number of benzene rings is 2. The minimum atomic E-state index is -0.297. The van der Waals surface area contributed by atoms with Crippen molar-refractivity contribution in [2.45, 2.75) is 20.4 Å². The van der Waals surface area contributed by atoms with Gasteiger partial charge in [-0.25, -0.2) is 4.98 Å². The van der Waals surface area contributed by atoms with Gasteiger partial charge < -0.3 is 8.98 Å². The zero-order chi connectivity index (χ0) is 16.7. The van der Waals surface area contributed by atoms with Gasteiger partial charge in [-0.3, -0.25) is 10.1 Å². The first kappa shape index (κ1) is 14.5. The first-order chi connectivity index (χ1) is 11.7. The van der Waals surface area contributed by atoms with Crippen molar-refractivity contribution in [1.29, 1.82) is 0 Å². The van der Waals surface area contributed by atoms with E-state index in [1.54, 1.807) is 6.07 Å². The highest BCUT2D eigenvalue weighted by Crippen LogP contribution is 2.23. The van der Waals surface area contributed by atoms with Crippen LogP contribution in [-0.2, 0) is 6.54 Å². The van der Waals surface area contributed by atoms with E-state index in [2.05, 4.69) is 10.3 Å². The number of imidazole rings is 1. The second-order valence-corrected chi connectivity index (χ2v) is 5.77. The van der Waals surface area contributed by atoms with Crippen LogP contribution in [0.3, 0.4) is 0 Å². The van der Waals surface area contributed by atoms with Crippen LogP contribution in [0.4, 0.5) is 5.95 Å². The first-order valence-electron chi connectivity index (χ1n) is 7.92. The lowest BCUT2D eigenvalue weighted by Gasteiger charge is -2.06. The summed E-state index contributed by atoms with van der Waals surface area (Å²) in [5.74, 6) is 0.513. The number of hydrogen-bond donors (Lipinski definition) is 1. The Morgan fingerprint density at radius 3 is 2.88 bits per heavy atom. The number of nitrogens with one attached hydrogen (secondary N) is 1. The van der Waals surface area contributed by atoms with Crippen molar-refractivity contribution in [3.05, 3.63) is 59.9 Å². The van der Waals surface area contributed by atoms with Gasteiger partial charge in [-0.05, 0) is 44.2 Å². The third-order valence-corrected chi connectivity index (χ3v) is 4.09. The summed E-state index contributed by atoms with van der Waals surface area (Å²) in [4.78, 5) is 17.1. The van der Waals surface area contributed by atoms with Gasteiger partial charge in [0, 0.05) is 11.9 Å². The lowest BCUT2D eigenvalue weighted by atomic mass is 10.2. The predicted molar refractivity (Wildman–Crippen MR) is 94.3 cm³/mol. The van der Waals surface area contributed by atoms with Gasteiger partial charge in [0.1, 0.15) is 5.58 Å². The molecule has 0 fully saturated rings. The van der Waals surface area contributed by atoms with Gasteiger partial charge in [-0.2, -0.15) is 0 Å². The molecule has 1 N–H and O–H groups in total. The molecule has 0 spiro atoms. The molecule has 2 heterocycles. The van der Waals surface area contributed by atoms with E-state index < -0.39 is 0 Å². The Kier molecular flexibility index (Phi) is 3.34. The highest BCUT2D eigenvalue weighted by Gasteiger charge is 2.16. The fraction of sp³-hybridized carbons (Fsp3) is 0.158. The van der Waals surface area contributed by atoms with Gasteiger partial charge in [-0.1, -0.05) is 23.8 Å². The molecular weight excluding hydrogens is 302 g/mol. The van der Waals surface area contributed by atoms with E-state index in [-0.39, 0.29) is 11.7 Å². The Bertz CT molecular complexity index is 1060. The number of furan rings is 1. The molecule has 4 rings (SSSR count). The van der Waals surface area contributed by atoms with Gasteiger partial charge in [0.05, 0.1) is 11.0 Å². The Balaban J connectivity index is 1.70. The number of aromatic nitrogens is 2. The van der Waals surface area contributed by atoms with Crippen LogP contribution in [0.15, 0.2) is 52.9 Å². The third kappa shape index (κ3) is 2.34. The minimum Gasteiger partial charge on any atom is -0.451 e. The van der Waals surface area contributed by atoms with Crippen molar-refractivity contribution in [3.63, 3.8) is 0 Å². The lowest BCUT2D eigenvalue weighted by molar-refractivity contribution is 0.0997. The fourth-order valence-corrected chi connectivity index (χ4v) is 2.93. The number of carbonyl (C=O) groups is 1. The number of fused-ring (bicyclic) bond motifs is 2. The lowest BCUT2D eigenvalue weighted by Crippen LogP contribution is -2.15. The molecular formula is C19H17N3O2. The van der Waals surface area contributed by atoms with Crippen molar-refractivity contribution in [2.24, 2.45) is 0 Å². The number of carbonyl (C=O) groups excluding carboxylic acids is 1. The molecule has 0 aliphatic carbocycles. The highest BCUT2D eigenvalue weighted by atomic mass is 16.3. The van der Waals surface area contributed by atoms with Crippen LogP contribution in [-0.4, -0.2) is 15.5 Å². The van der Waals surface area contributed by atoms with Gasteiger partial charge in [-0.15, -0.1) is 0 Å². The van der Waals surface area contributed by atoms with Crippen LogP contribution in [0.5, 0.6) is 0 Å². The van der Waals surface area contributed by atoms with E-state index in [9.17, 15) is 4.79 Å². The molecule has 0 radical (unpaired) electrons. The van der Waals surface area contributed by atoms with E-state index in [0.717, 1.165) is 28.5 Å². The third-order valence-electron chi connectivity index (χ3n) is 4.09. The van der Waals surface area contributed by atoms with Crippen molar-refractivity contribution in [3.8, 4) is 0 Å². The maximum Gasteiger partial charge on any atom is 0.293 e. The zero-order valence-electron chi connectivity index (χ0n) is 13.5. The van der Waals surface area contributed by atoms with Crippen LogP contribution in [0.25, 0.3) is 22.0 Å². The molecule has 4 aromatic rings. The largest absolute Gasteiger partial charge is 0.451 e. The van der Waals surface area contributed by atoms with Crippen molar-refractivity contribution in [2.75, 3.05) is 5.32 Å². The maximum absolute atomic E-state index is 12.6. The monoisotopic (exact) mass is 319 g/mol. The normalized spacial score (nSPS) is 11.2. The molecule has 0 bridgehead atoms. The van der Waals surface area contributed by atoms with Gasteiger partial charge in [0.25, 0.3) is 5.91 Å². The summed E-state index contributed by atoms with van der Waals surface area (Å²) in [5, 5.41) is 3.78. The topological polar surface area (TPSA) is 60.1 Å². The molecule has 0 saturated carbocycles. The number of amides is 1. The number of hydrogen-bond acceptors (Lipinski definition) is 3. The summed E-state index contributed by atoms with van der Waals surface area (Å²) >= 11 is 0. The Morgan fingerprint density at radius 2 is 2.04 bits per heavy atom. The Morgan fingerprint density at radius 1 is 1.21 bits per heavy atom. The molecule has 0 saturated heterocycles. The zero-order valence-corrected chi connectivity index (χ0v) is 13.5. The van der Waals surface area contributed by atoms with Crippen LogP contribution in [0.1, 0.15) is 23.0 Å². The highest BCUT2D eigenvalue weighted by molar-refractivity contribution is 6.04. The standard InChI is InChI=1S/C19H17N3O2/c1-3-22-15-7-5-4-6-14(15)20-19(22)21-18(23)17-11-13-10-12(2)8-9-16(13)24-17/h4-11H,3H2,1-2H3,(H,20,21,23). The average Bonchev–Trinajstić information content (AvgIpc) is 3.14. The summed E-state index contributed by atoms with van der Waals surface area (Å²) in [6.45, 7) is 4.75. The maximum atomic E-state index is 12.6. The van der Waals surface area contributed by atoms with Crippen LogP contribution < -0.4 is 5.32 Å². The molecule has 0 unspecified atom stereocenters. The molecule has 2 aromatic heterocycles. The molecule has 120 valence electrons. The summed E-state index contributed by atoms with van der Waals surface area (Å²) in [6, 6.07) is 15.4. The summed E-state index contributed by atoms with van der Waals surface area (Å²) in [6.07, 6.45) is 0. The number of aryl methyl sites for hydroxylation is 2. The molecule has 24 heavy (non-hydrogen) atoms. The second-order valence-electron chi connectivity index (χ2n) is 5.77. The van der Waals surface area contributed by atoms with Crippen molar-refractivity contribution < 1.29 is 9.21 Å². The Hall–Kier alpha value is -3.08. The molecule has 1 amide bonds. The molecule has 0 aliphatic rings. The molecule has 0 aliphatic heterocycles. The number of anilines is 1. The van der Waals surface area contributed by atoms with Crippen LogP contribution >= 0.6 is 0 Å². The Labute approximate surface area is 138 Å². The second kappa shape index (κ2) is 5.53. The average molecular weight is 319 g/mol. The smallest absolute Gasteiger partial charge is 0.293 e. The number of rotatable bonds is 3. The van der Waals surface area contributed by atoms with Crippen LogP contribution in [0, 0.1) is 6.92 Å². The van der Waals surface area contributed by atoms with E-state index in [0.29, 0.717) is 11.5 Å². The van der Waals surface area contributed by atoms with E-state index in [4.69, 9.17) is 4.42 Å². The minimum absolute atomic E-state index is 0.283. The summed E-state index contributed by atoms with van der Waals surface area (Å²) < 4.78 is 7.63. The van der Waals surface area contributed by atoms with Crippen molar-refractivity contribution in [1.82, 2.24) is 9.55 Å². The van der Waals surface area contributed by atoms with Crippen LogP contribution in [0.2, 0.25) is 0 Å². The van der Waals surface area contributed by atoms with Gasteiger partial charge in [0.15, 0.2) is 5.76 Å². The molecule has 2 aromatic carbocycles. The molecule has 5 heteroatoms. The van der Waals surface area contributed by atoms with Gasteiger partial charge >= 0.3 is 0 Å². The summed E-state index contributed by atoms with van der Waals surface area (Å²) in [5.41, 5.74) is 3.68. The molecule has 0 atom stereocenters. The van der Waals surface area contributed by atoms with E-state index in [1.165, 1.54) is 0 Å². The van der Waals surface area contributed by atoms with Crippen molar-refractivity contribution >= 4 is 33.9 Å².